The maximum absolute atomic E-state index is 12.4. The highest BCUT2D eigenvalue weighted by Crippen LogP contribution is 2.34. The Labute approximate surface area is 136 Å². The van der Waals surface area contributed by atoms with Gasteiger partial charge in [-0.1, -0.05) is 12.8 Å². The van der Waals surface area contributed by atoms with Crippen LogP contribution in [0.5, 0.6) is 0 Å². The molecule has 0 aromatic carbocycles. The highest BCUT2D eigenvalue weighted by Gasteiger charge is 2.52. The number of hydrogen-bond acceptors (Lipinski definition) is 4. The van der Waals surface area contributed by atoms with Crippen molar-refractivity contribution in [3.05, 3.63) is 0 Å². The maximum atomic E-state index is 12.4. The van der Waals surface area contributed by atoms with E-state index in [0.29, 0.717) is 12.8 Å². The van der Waals surface area contributed by atoms with Crippen molar-refractivity contribution in [2.75, 3.05) is 19.6 Å². The number of piperidine rings is 1. The lowest BCUT2D eigenvalue weighted by Crippen LogP contribution is -2.50. The summed E-state index contributed by atoms with van der Waals surface area (Å²) in [5, 5.41) is 8.89. The number of nitrogens with one attached hydrogen (secondary N) is 3. The number of hydrogen-bond donors (Lipinski definition) is 3. The molecule has 4 amide bonds. The van der Waals surface area contributed by atoms with Gasteiger partial charge in [0.05, 0.1) is 0 Å². The number of halogens is 1. The van der Waals surface area contributed by atoms with Crippen molar-refractivity contribution in [2.45, 2.75) is 50.1 Å². The first-order valence-corrected chi connectivity index (χ1v) is 7.75. The molecule has 1 aliphatic carbocycles. The van der Waals surface area contributed by atoms with Crippen LogP contribution in [0.3, 0.4) is 0 Å². The lowest BCUT2D eigenvalue weighted by molar-refractivity contribution is -0.135. The molecule has 2 aliphatic heterocycles. The first-order chi connectivity index (χ1) is 10.1. The summed E-state index contributed by atoms with van der Waals surface area (Å²) in [7, 11) is 0. The molecule has 1 spiro atoms. The van der Waals surface area contributed by atoms with Crippen molar-refractivity contribution in [1.82, 2.24) is 20.9 Å². The van der Waals surface area contributed by atoms with E-state index in [1.807, 2.05) is 0 Å². The van der Waals surface area contributed by atoms with Gasteiger partial charge in [-0.25, -0.2) is 4.79 Å². The fraction of sp³-hybridized carbons (Fsp3) is 0.786. The van der Waals surface area contributed by atoms with Gasteiger partial charge in [0.1, 0.15) is 12.1 Å². The largest absolute Gasteiger partial charge is 0.351 e. The van der Waals surface area contributed by atoms with Gasteiger partial charge in [0.25, 0.3) is 5.91 Å². The Morgan fingerprint density at radius 3 is 2.64 bits per heavy atom. The molecule has 0 bridgehead atoms. The highest BCUT2D eigenvalue weighted by molar-refractivity contribution is 6.09. The van der Waals surface area contributed by atoms with Crippen LogP contribution in [0.2, 0.25) is 0 Å². The molecule has 124 valence electrons. The van der Waals surface area contributed by atoms with E-state index in [0.717, 1.165) is 43.7 Å². The first-order valence-electron chi connectivity index (χ1n) is 7.75. The summed E-state index contributed by atoms with van der Waals surface area (Å²) in [5.41, 5.74) is -0.732. The lowest BCUT2D eigenvalue weighted by Gasteiger charge is -2.25. The second-order valence-electron chi connectivity index (χ2n) is 6.22. The summed E-state index contributed by atoms with van der Waals surface area (Å²) >= 11 is 0. The standard InChI is InChI=1S/C14H22N4O3.ClH/c19-11(16-10-4-3-7-15-8-10)9-18-12(20)14(17-13(18)21)5-1-2-6-14;/h10,15H,1-9H2,(H,16,19)(H,17,21);1H. The van der Waals surface area contributed by atoms with Gasteiger partial charge in [0.2, 0.25) is 5.91 Å². The molecule has 3 N–H and O–H groups in total. The van der Waals surface area contributed by atoms with Crippen LogP contribution < -0.4 is 16.0 Å². The molecule has 3 aliphatic rings. The topological polar surface area (TPSA) is 90.5 Å². The summed E-state index contributed by atoms with van der Waals surface area (Å²) in [4.78, 5) is 37.5. The minimum atomic E-state index is -0.732. The van der Waals surface area contributed by atoms with Crippen LogP contribution in [-0.2, 0) is 9.59 Å². The van der Waals surface area contributed by atoms with Crippen molar-refractivity contribution >= 4 is 30.3 Å². The van der Waals surface area contributed by atoms with Gasteiger partial charge in [-0.15, -0.1) is 12.4 Å². The molecule has 0 aromatic rings. The van der Waals surface area contributed by atoms with E-state index >= 15 is 0 Å². The molecule has 8 heteroatoms. The van der Waals surface area contributed by atoms with E-state index in [4.69, 9.17) is 0 Å². The van der Waals surface area contributed by atoms with Crippen LogP contribution >= 0.6 is 12.4 Å². The van der Waals surface area contributed by atoms with Crippen LogP contribution in [0.25, 0.3) is 0 Å². The minimum absolute atomic E-state index is 0. The van der Waals surface area contributed by atoms with Gasteiger partial charge >= 0.3 is 6.03 Å². The second kappa shape index (κ2) is 6.83. The van der Waals surface area contributed by atoms with Crippen LogP contribution in [0, 0.1) is 0 Å². The zero-order valence-electron chi connectivity index (χ0n) is 12.5. The van der Waals surface area contributed by atoms with E-state index in [9.17, 15) is 14.4 Å². The summed E-state index contributed by atoms with van der Waals surface area (Å²) in [6, 6.07) is -0.341. The molecule has 2 heterocycles. The Morgan fingerprint density at radius 1 is 1.27 bits per heavy atom. The fourth-order valence-electron chi connectivity index (χ4n) is 3.53. The highest BCUT2D eigenvalue weighted by atomic mass is 35.5. The molecule has 3 fully saturated rings. The molecule has 3 rings (SSSR count). The average Bonchev–Trinajstić information content (AvgIpc) is 3.02. The SMILES string of the molecule is Cl.O=C(CN1C(=O)NC2(CCCC2)C1=O)NC1CCCNC1. The van der Waals surface area contributed by atoms with Gasteiger partial charge < -0.3 is 16.0 Å². The minimum Gasteiger partial charge on any atom is -0.351 e. The predicted molar refractivity (Wildman–Crippen MR) is 82.7 cm³/mol. The normalized spacial score (nSPS) is 26.7. The first kappa shape index (κ1) is 17.0. The van der Waals surface area contributed by atoms with Gasteiger partial charge in [-0.3, -0.25) is 14.5 Å². The molecule has 7 nitrogen and oxygen atoms in total. The van der Waals surface area contributed by atoms with Crippen LogP contribution in [0.15, 0.2) is 0 Å². The van der Waals surface area contributed by atoms with Gasteiger partial charge in [-0.2, -0.15) is 0 Å². The van der Waals surface area contributed by atoms with E-state index in [2.05, 4.69) is 16.0 Å². The Morgan fingerprint density at radius 2 is 2.00 bits per heavy atom. The smallest absolute Gasteiger partial charge is 0.325 e. The maximum Gasteiger partial charge on any atom is 0.325 e. The number of imide groups is 1. The average molecular weight is 331 g/mol. The number of urea groups is 1. The van der Waals surface area contributed by atoms with Crippen molar-refractivity contribution < 1.29 is 14.4 Å². The van der Waals surface area contributed by atoms with Gasteiger partial charge in [0.15, 0.2) is 0 Å². The monoisotopic (exact) mass is 330 g/mol. The summed E-state index contributed by atoms with van der Waals surface area (Å²) < 4.78 is 0. The van der Waals surface area contributed by atoms with E-state index in [1.165, 1.54) is 0 Å². The summed E-state index contributed by atoms with van der Waals surface area (Å²) in [6.07, 6.45) is 5.21. The number of rotatable bonds is 3. The zero-order valence-corrected chi connectivity index (χ0v) is 13.3. The Kier molecular flexibility index (Phi) is 5.28. The molecule has 1 saturated carbocycles. The molecular formula is C14H23ClN4O3. The van der Waals surface area contributed by atoms with Crippen molar-refractivity contribution in [2.24, 2.45) is 0 Å². The van der Waals surface area contributed by atoms with E-state index in [-0.39, 0.29) is 36.8 Å². The summed E-state index contributed by atoms with van der Waals surface area (Å²) in [6.45, 7) is 1.54. The molecule has 0 radical (unpaired) electrons. The van der Waals surface area contributed by atoms with Crippen molar-refractivity contribution in [3.8, 4) is 0 Å². The summed E-state index contributed by atoms with van der Waals surface area (Å²) in [5.74, 6) is -0.496. The number of nitrogens with zero attached hydrogens (tertiary/aromatic N) is 1. The van der Waals surface area contributed by atoms with Crippen LogP contribution in [0.4, 0.5) is 4.79 Å². The Bertz CT molecular complexity index is 459. The third-order valence-electron chi connectivity index (χ3n) is 4.67. The van der Waals surface area contributed by atoms with Gasteiger partial charge in [0, 0.05) is 12.6 Å². The molecule has 22 heavy (non-hydrogen) atoms. The number of carbonyl (C=O) groups is 3. The molecular weight excluding hydrogens is 308 g/mol. The number of amides is 4. The Balaban J connectivity index is 0.00000176. The third-order valence-corrected chi connectivity index (χ3v) is 4.67. The van der Waals surface area contributed by atoms with Crippen molar-refractivity contribution in [1.29, 1.82) is 0 Å². The second-order valence-corrected chi connectivity index (χ2v) is 6.22. The predicted octanol–water partition coefficient (Wildman–Crippen LogP) is 0.141. The van der Waals surface area contributed by atoms with Gasteiger partial charge in [-0.05, 0) is 32.2 Å². The molecule has 0 aromatic heterocycles. The molecule has 1 atom stereocenters. The molecule has 1 unspecified atom stereocenters. The Hall–Kier alpha value is -1.34. The number of carbonyl (C=O) groups excluding carboxylic acids is 3. The molecule has 2 saturated heterocycles. The van der Waals surface area contributed by atoms with Crippen LogP contribution in [-0.4, -0.2) is 54.0 Å². The zero-order chi connectivity index (χ0) is 14.9. The van der Waals surface area contributed by atoms with Crippen LogP contribution in [0.1, 0.15) is 38.5 Å². The quantitative estimate of drug-likeness (QED) is 0.642. The van der Waals surface area contributed by atoms with Crippen molar-refractivity contribution in [3.63, 3.8) is 0 Å². The van der Waals surface area contributed by atoms with E-state index < -0.39 is 11.6 Å². The lowest BCUT2D eigenvalue weighted by atomic mass is 9.98. The van der Waals surface area contributed by atoms with E-state index in [1.54, 1.807) is 0 Å². The fourth-order valence-corrected chi connectivity index (χ4v) is 3.53. The third kappa shape index (κ3) is 3.20.